The highest BCUT2D eigenvalue weighted by molar-refractivity contribution is 6.00. The fraction of sp³-hybridized carbons (Fsp3) is 0.478. The Labute approximate surface area is 182 Å². The minimum Gasteiger partial charge on any atom is -0.497 e. The Hall–Kier alpha value is -3.00. The summed E-state index contributed by atoms with van der Waals surface area (Å²) in [7, 11) is 3.22. The topological polar surface area (TPSA) is 84.9 Å². The number of aromatic nitrogens is 2. The molecule has 0 aliphatic carbocycles. The number of benzene rings is 1. The molecule has 0 N–H and O–H groups in total. The van der Waals surface area contributed by atoms with Crippen molar-refractivity contribution >= 4 is 17.6 Å². The lowest BCUT2D eigenvalue weighted by atomic mass is 10.1. The van der Waals surface area contributed by atoms with Crippen molar-refractivity contribution in [1.29, 1.82) is 0 Å². The molecule has 1 unspecified atom stereocenters. The Morgan fingerprint density at radius 1 is 1.19 bits per heavy atom. The van der Waals surface area contributed by atoms with Crippen molar-refractivity contribution < 1.29 is 19.1 Å². The third-order valence-corrected chi connectivity index (χ3v) is 5.99. The highest BCUT2D eigenvalue weighted by Gasteiger charge is 2.36. The van der Waals surface area contributed by atoms with E-state index in [-0.39, 0.29) is 17.9 Å². The lowest BCUT2D eigenvalue weighted by Gasteiger charge is -2.25. The Kier molecular flexibility index (Phi) is 6.18. The van der Waals surface area contributed by atoms with Crippen LogP contribution in [-0.2, 0) is 27.3 Å². The normalized spacial score (nSPS) is 17.9. The Morgan fingerprint density at radius 2 is 1.97 bits per heavy atom. The lowest BCUT2D eigenvalue weighted by molar-refractivity contribution is -0.133. The van der Waals surface area contributed by atoms with Gasteiger partial charge in [-0.25, -0.2) is 9.97 Å². The predicted molar refractivity (Wildman–Crippen MR) is 115 cm³/mol. The molecule has 2 aliphatic heterocycles. The second-order valence-corrected chi connectivity index (χ2v) is 7.96. The van der Waals surface area contributed by atoms with Gasteiger partial charge < -0.3 is 14.4 Å². The number of nitrogens with zero attached hydrogens (tertiary/aromatic N) is 4. The zero-order chi connectivity index (χ0) is 22.0. The van der Waals surface area contributed by atoms with E-state index in [0.29, 0.717) is 44.2 Å². The quantitative estimate of drug-likeness (QED) is 0.679. The van der Waals surface area contributed by atoms with Crippen molar-refractivity contribution in [2.24, 2.45) is 0 Å². The summed E-state index contributed by atoms with van der Waals surface area (Å²) in [4.78, 5) is 38.5. The summed E-state index contributed by atoms with van der Waals surface area (Å²) in [6, 6.07) is 7.51. The highest BCUT2D eigenvalue weighted by atomic mass is 16.5. The van der Waals surface area contributed by atoms with E-state index in [1.165, 1.54) is 0 Å². The van der Waals surface area contributed by atoms with Gasteiger partial charge in [-0.1, -0.05) is 12.1 Å². The van der Waals surface area contributed by atoms with Gasteiger partial charge in [0, 0.05) is 24.9 Å². The summed E-state index contributed by atoms with van der Waals surface area (Å²) in [5, 5.41) is 0. The van der Waals surface area contributed by atoms with Gasteiger partial charge in [0.05, 0.1) is 39.1 Å². The first-order valence-corrected chi connectivity index (χ1v) is 10.6. The molecule has 31 heavy (non-hydrogen) atoms. The fourth-order valence-electron chi connectivity index (χ4n) is 4.29. The second kappa shape index (κ2) is 9.01. The van der Waals surface area contributed by atoms with Crippen LogP contribution in [0.3, 0.4) is 0 Å². The molecule has 0 spiro atoms. The van der Waals surface area contributed by atoms with E-state index >= 15 is 0 Å². The summed E-state index contributed by atoms with van der Waals surface area (Å²) in [5.74, 6) is 2.13. The lowest BCUT2D eigenvalue weighted by Crippen LogP contribution is -2.32. The van der Waals surface area contributed by atoms with Crippen LogP contribution in [0.15, 0.2) is 24.3 Å². The van der Waals surface area contributed by atoms with Gasteiger partial charge in [-0.2, -0.15) is 0 Å². The third kappa shape index (κ3) is 4.25. The van der Waals surface area contributed by atoms with E-state index in [1.54, 1.807) is 19.1 Å². The van der Waals surface area contributed by atoms with Crippen molar-refractivity contribution in [2.45, 2.75) is 45.2 Å². The minimum atomic E-state index is -0.160. The third-order valence-electron chi connectivity index (χ3n) is 5.99. The molecule has 1 fully saturated rings. The first kappa shape index (κ1) is 21.2. The Morgan fingerprint density at radius 3 is 2.68 bits per heavy atom. The number of hydrogen-bond donors (Lipinski definition) is 0. The van der Waals surface area contributed by atoms with Crippen LogP contribution >= 0.6 is 0 Å². The molecule has 1 aromatic carbocycles. The molecule has 2 aliphatic rings. The zero-order valence-corrected chi connectivity index (χ0v) is 18.3. The number of aryl methyl sites for hydroxylation is 1. The summed E-state index contributed by atoms with van der Waals surface area (Å²) < 4.78 is 10.3. The number of methoxy groups -OCH3 is 2. The SMILES string of the molecule is COCCC(=O)N1CCCC1c1nc(C)c2c(n1)N(Cc1ccc(OC)cc1)C(=O)C2. The summed E-state index contributed by atoms with van der Waals surface area (Å²) in [5.41, 5.74) is 2.68. The zero-order valence-electron chi connectivity index (χ0n) is 18.3. The van der Waals surface area contributed by atoms with E-state index < -0.39 is 0 Å². The van der Waals surface area contributed by atoms with Crippen LogP contribution in [0.1, 0.15) is 47.9 Å². The van der Waals surface area contributed by atoms with Crippen LogP contribution < -0.4 is 9.64 Å². The Balaban J connectivity index is 1.61. The number of likely N-dealkylation sites (tertiary alicyclic amines) is 1. The largest absolute Gasteiger partial charge is 0.497 e. The van der Waals surface area contributed by atoms with Gasteiger partial charge in [0.15, 0.2) is 5.82 Å². The van der Waals surface area contributed by atoms with Gasteiger partial charge >= 0.3 is 0 Å². The van der Waals surface area contributed by atoms with Crippen molar-refractivity contribution in [3.63, 3.8) is 0 Å². The maximum atomic E-state index is 12.8. The van der Waals surface area contributed by atoms with E-state index in [4.69, 9.17) is 19.4 Å². The van der Waals surface area contributed by atoms with Crippen molar-refractivity contribution in [3.05, 3.63) is 46.9 Å². The number of rotatable bonds is 7. The van der Waals surface area contributed by atoms with E-state index in [2.05, 4.69) is 0 Å². The van der Waals surface area contributed by atoms with Crippen LogP contribution in [0.25, 0.3) is 0 Å². The molecular weight excluding hydrogens is 396 g/mol. The molecule has 2 amide bonds. The van der Waals surface area contributed by atoms with Gasteiger partial charge in [-0.05, 0) is 37.5 Å². The molecule has 1 atom stereocenters. The van der Waals surface area contributed by atoms with Crippen LogP contribution in [0, 0.1) is 6.92 Å². The molecule has 1 aromatic heterocycles. The Bertz CT molecular complexity index is 976. The first-order valence-electron chi connectivity index (χ1n) is 10.6. The van der Waals surface area contributed by atoms with Crippen molar-refractivity contribution in [3.8, 4) is 5.75 Å². The first-order chi connectivity index (χ1) is 15.0. The van der Waals surface area contributed by atoms with E-state index in [9.17, 15) is 9.59 Å². The smallest absolute Gasteiger partial charge is 0.233 e. The van der Waals surface area contributed by atoms with Gasteiger partial charge in [0.2, 0.25) is 11.8 Å². The molecule has 0 bridgehead atoms. The van der Waals surface area contributed by atoms with E-state index in [0.717, 1.165) is 35.4 Å². The molecular formula is C23H28N4O4. The maximum absolute atomic E-state index is 12.8. The summed E-state index contributed by atoms with van der Waals surface area (Å²) in [6.07, 6.45) is 2.39. The number of carbonyl (C=O) groups is 2. The standard InChI is InChI=1S/C23H28N4O4/c1-15-18-13-21(29)27(14-16-6-8-17(31-3)9-7-16)23(18)25-22(24-15)19-5-4-11-26(19)20(28)10-12-30-2/h6-9,19H,4-5,10-14H2,1-3H3. The summed E-state index contributed by atoms with van der Waals surface area (Å²) >= 11 is 0. The molecule has 8 nitrogen and oxygen atoms in total. The number of hydrogen-bond acceptors (Lipinski definition) is 6. The average molecular weight is 425 g/mol. The van der Waals surface area contributed by atoms with Crippen molar-refractivity contribution in [2.75, 3.05) is 32.3 Å². The minimum absolute atomic E-state index is 0.0137. The summed E-state index contributed by atoms with van der Waals surface area (Å²) in [6.45, 7) is 3.45. The molecule has 1 saturated heterocycles. The van der Waals surface area contributed by atoms with Gasteiger partial charge in [-0.15, -0.1) is 0 Å². The monoisotopic (exact) mass is 424 g/mol. The number of fused-ring (bicyclic) bond motifs is 1. The number of carbonyl (C=O) groups excluding carboxylic acids is 2. The van der Waals surface area contributed by atoms with Gasteiger partial charge in [-0.3, -0.25) is 14.5 Å². The highest BCUT2D eigenvalue weighted by Crippen LogP contribution is 2.35. The average Bonchev–Trinajstić information content (AvgIpc) is 3.38. The fourth-order valence-corrected chi connectivity index (χ4v) is 4.29. The van der Waals surface area contributed by atoms with Crippen LogP contribution in [0.2, 0.25) is 0 Å². The number of amides is 2. The number of anilines is 1. The predicted octanol–water partition coefficient (Wildman–Crippen LogP) is 2.58. The molecule has 2 aromatic rings. The van der Waals surface area contributed by atoms with Crippen LogP contribution in [0.5, 0.6) is 5.75 Å². The van der Waals surface area contributed by atoms with E-state index in [1.807, 2.05) is 36.1 Å². The van der Waals surface area contributed by atoms with Crippen molar-refractivity contribution in [1.82, 2.24) is 14.9 Å². The van der Waals surface area contributed by atoms with Gasteiger partial charge in [0.1, 0.15) is 11.6 Å². The van der Waals surface area contributed by atoms with Crippen LogP contribution in [0.4, 0.5) is 5.82 Å². The molecule has 0 saturated carbocycles. The molecule has 4 rings (SSSR count). The molecule has 8 heteroatoms. The van der Waals surface area contributed by atoms with Crippen LogP contribution in [-0.4, -0.2) is 54.1 Å². The number of ether oxygens (including phenoxy) is 2. The molecule has 0 radical (unpaired) electrons. The molecule has 164 valence electrons. The second-order valence-electron chi connectivity index (χ2n) is 7.96. The molecule has 3 heterocycles. The van der Waals surface area contributed by atoms with Gasteiger partial charge in [0.25, 0.3) is 0 Å². The maximum Gasteiger partial charge on any atom is 0.233 e.